The van der Waals surface area contributed by atoms with E-state index in [2.05, 4.69) is 20.6 Å². The summed E-state index contributed by atoms with van der Waals surface area (Å²) in [6, 6.07) is 10.5. The van der Waals surface area contributed by atoms with Gasteiger partial charge in [-0.2, -0.15) is 0 Å². The third kappa shape index (κ3) is 3.78. The topological polar surface area (TPSA) is 41.3 Å². The van der Waals surface area contributed by atoms with E-state index in [9.17, 15) is 9.50 Å². The average Bonchev–Trinajstić information content (AvgIpc) is 2.93. The minimum absolute atomic E-state index is 0.121. The Hall–Kier alpha value is -2.50. The lowest BCUT2D eigenvalue weighted by Gasteiger charge is -2.18. The fourth-order valence-electron chi connectivity index (χ4n) is 3.05. The van der Waals surface area contributed by atoms with Crippen molar-refractivity contribution in [2.75, 3.05) is 20.2 Å². The summed E-state index contributed by atoms with van der Waals surface area (Å²) in [5.41, 5.74) is 5.35. The van der Waals surface area contributed by atoms with Crippen LogP contribution in [0.2, 0.25) is 0 Å². The van der Waals surface area contributed by atoms with Crippen molar-refractivity contribution >= 4 is 0 Å². The SMILES string of the molecule is CN(CCO)Cc1c(-c2ccncc2)c(-c2ccc(F)cc2)cn1C. The Morgan fingerprint density at radius 2 is 1.76 bits per heavy atom. The largest absolute Gasteiger partial charge is 0.395 e. The monoisotopic (exact) mass is 339 g/mol. The molecule has 3 aromatic rings. The van der Waals surface area contributed by atoms with Crippen molar-refractivity contribution in [2.45, 2.75) is 6.54 Å². The molecule has 0 amide bonds. The van der Waals surface area contributed by atoms with Crippen molar-refractivity contribution in [3.05, 3.63) is 66.5 Å². The number of aromatic nitrogens is 2. The van der Waals surface area contributed by atoms with Crippen molar-refractivity contribution < 1.29 is 9.50 Å². The Labute approximate surface area is 147 Å². The van der Waals surface area contributed by atoms with Crippen LogP contribution >= 0.6 is 0 Å². The van der Waals surface area contributed by atoms with E-state index in [1.165, 1.54) is 12.1 Å². The summed E-state index contributed by atoms with van der Waals surface area (Å²) in [6.07, 6.45) is 5.63. The molecule has 3 rings (SSSR count). The van der Waals surface area contributed by atoms with Crippen LogP contribution in [0.25, 0.3) is 22.3 Å². The second-order valence-electron chi connectivity index (χ2n) is 6.18. The first kappa shape index (κ1) is 17.3. The van der Waals surface area contributed by atoms with Gasteiger partial charge in [0.25, 0.3) is 0 Å². The van der Waals surface area contributed by atoms with Crippen LogP contribution < -0.4 is 0 Å². The van der Waals surface area contributed by atoms with Gasteiger partial charge in [-0.15, -0.1) is 0 Å². The number of pyridine rings is 1. The zero-order valence-electron chi connectivity index (χ0n) is 14.5. The standard InChI is InChI=1S/C20H22FN3O/c1-23(11-12-25)14-19-20(16-7-9-22-10-8-16)18(13-24(19)2)15-3-5-17(21)6-4-15/h3-10,13,25H,11-12,14H2,1-2H3. The molecule has 5 heteroatoms. The van der Waals surface area contributed by atoms with Gasteiger partial charge in [-0.3, -0.25) is 9.88 Å². The van der Waals surface area contributed by atoms with E-state index in [0.717, 1.165) is 27.9 Å². The van der Waals surface area contributed by atoms with Crippen molar-refractivity contribution in [2.24, 2.45) is 7.05 Å². The van der Waals surface area contributed by atoms with Crippen LogP contribution in [0.3, 0.4) is 0 Å². The van der Waals surface area contributed by atoms with Crippen molar-refractivity contribution in [3.63, 3.8) is 0 Å². The maximum absolute atomic E-state index is 13.3. The van der Waals surface area contributed by atoms with Crippen LogP contribution in [-0.2, 0) is 13.6 Å². The van der Waals surface area contributed by atoms with Gasteiger partial charge in [0.2, 0.25) is 0 Å². The summed E-state index contributed by atoms with van der Waals surface area (Å²) < 4.78 is 15.4. The highest BCUT2D eigenvalue weighted by Gasteiger charge is 2.18. The van der Waals surface area contributed by atoms with Gasteiger partial charge in [-0.05, 0) is 42.4 Å². The van der Waals surface area contributed by atoms with Gasteiger partial charge in [0.1, 0.15) is 5.82 Å². The summed E-state index contributed by atoms with van der Waals surface area (Å²) in [6.45, 7) is 1.43. The first-order chi connectivity index (χ1) is 12.1. The first-order valence-corrected chi connectivity index (χ1v) is 8.24. The molecule has 25 heavy (non-hydrogen) atoms. The molecule has 0 aliphatic carbocycles. The van der Waals surface area contributed by atoms with E-state index >= 15 is 0 Å². The summed E-state index contributed by atoms with van der Waals surface area (Å²) in [5.74, 6) is -0.243. The lowest BCUT2D eigenvalue weighted by molar-refractivity contribution is 0.215. The van der Waals surface area contributed by atoms with Gasteiger partial charge in [-0.1, -0.05) is 12.1 Å². The fraction of sp³-hybridized carbons (Fsp3) is 0.250. The van der Waals surface area contributed by atoms with E-state index in [1.807, 2.05) is 26.2 Å². The zero-order valence-corrected chi connectivity index (χ0v) is 14.5. The predicted octanol–water partition coefficient (Wildman–Crippen LogP) is 3.32. The first-order valence-electron chi connectivity index (χ1n) is 8.24. The Morgan fingerprint density at radius 3 is 2.40 bits per heavy atom. The smallest absolute Gasteiger partial charge is 0.123 e. The number of aryl methyl sites for hydroxylation is 1. The highest BCUT2D eigenvalue weighted by atomic mass is 19.1. The Bertz CT molecular complexity index is 828. The number of halogens is 1. The molecule has 1 aromatic carbocycles. The molecule has 0 spiro atoms. The minimum atomic E-state index is -0.243. The number of hydrogen-bond donors (Lipinski definition) is 1. The molecular weight excluding hydrogens is 317 g/mol. The molecule has 0 radical (unpaired) electrons. The molecule has 0 saturated carbocycles. The van der Waals surface area contributed by atoms with Crippen LogP contribution in [0.5, 0.6) is 0 Å². The summed E-state index contributed by atoms with van der Waals surface area (Å²) in [4.78, 5) is 6.19. The third-order valence-corrected chi connectivity index (χ3v) is 4.33. The molecule has 2 heterocycles. The molecule has 0 aliphatic rings. The molecule has 130 valence electrons. The molecule has 4 nitrogen and oxygen atoms in total. The molecule has 1 N–H and O–H groups in total. The number of likely N-dealkylation sites (N-methyl/N-ethyl adjacent to an activating group) is 1. The van der Waals surface area contributed by atoms with Crippen LogP contribution in [0, 0.1) is 5.82 Å². The molecule has 2 aromatic heterocycles. The van der Waals surface area contributed by atoms with Crippen molar-refractivity contribution in [1.82, 2.24) is 14.5 Å². The summed E-state index contributed by atoms with van der Waals surface area (Å²) in [7, 11) is 4.00. The normalized spacial score (nSPS) is 11.2. The number of nitrogens with zero attached hydrogens (tertiary/aromatic N) is 3. The number of benzene rings is 1. The van der Waals surface area contributed by atoms with Gasteiger partial charge in [0.05, 0.1) is 6.61 Å². The van der Waals surface area contributed by atoms with Crippen molar-refractivity contribution in [1.29, 1.82) is 0 Å². The zero-order chi connectivity index (χ0) is 17.8. The summed E-state index contributed by atoms with van der Waals surface area (Å²) >= 11 is 0. The van der Waals surface area contributed by atoms with Gasteiger partial charge in [0, 0.05) is 55.5 Å². The lowest BCUT2D eigenvalue weighted by Crippen LogP contribution is -2.23. The highest BCUT2D eigenvalue weighted by molar-refractivity contribution is 5.85. The van der Waals surface area contributed by atoms with E-state index in [0.29, 0.717) is 13.1 Å². The molecule has 0 aliphatic heterocycles. The van der Waals surface area contributed by atoms with E-state index < -0.39 is 0 Å². The Kier molecular flexibility index (Phi) is 5.26. The Morgan fingerprint density at radius 1 is 1.08 bits per heavy atom. The van der Waals surface area contributed by atoms with Crippen LogP contribution in [0.4, 0.5) is 4.39 Å². The Balaban J connectivity index is 2.13. The number of rotatable bonds is 6. The van der Waals surface area contributed by atoms with E-state index in [4.69, 9.17) is 0 Å². The molecule has 0 bridgehead atoms. The average molecular weight is 339 g/mol. The predicted molar refractivity (Wildman–Crippen MR) is 97.5 cm³/mol. The van der Waals surface area contributed by atoms with E-state index in [-0.39, 0.29) is 12.4 Å². The van der Waals surface area contributed by atoms with Crippen LogP contribution in [0.15, 0.2) is 55.0 Å². The molecular formula is C20H22FN3O. The molecule has 0 fully saturated rings. The lowest BCUT2D eigenvalue weighted by atomic mass is 9.97. The second-order valence-corrected chi connectivity index (χ2v) is 6.18. The minimum Gasteiger partial charge on any atom is -0.395 e. The summed E-state index contributed by atoms with van der Waals surface area (Å²) in [5, 5.41) is 9.19. The number of hydrogen-bond acceptors (Lipinski definition) is 3. The van der Waals surface area contributed by atoms with Crippen LogP contribution in [0.1, 0.15) is 5.69 Å². The molecule has 0 atom stereocenters. The quantitative estimate of drug-likeness (QED) is 0.749. The fourth-order valence-corrected chi connectivity index (χ4v) is 3.05. The molecule has 0 unspecified atom stereocenters. The maximum Gasteiger partial charge on any atom is 0.123 e. The highest BCUT2D eigenvalue weighted by Crippen LogP contribution is 2.36. The van der Waals surface area contributed by atoms with Crippen LogP contribution in [-0.4, -0.2) is 39.8 Å². The third-order valence-electron chi connectivity index (χ3n) is 4.33. The maximum atomic E-state index is 13.3. The van der Waals surface area contributed by atoms with Gasteiger partial charge in [0.15, 0.2) is 0 Å². The van der Waals surface area contributed by atoms with Gasteiger partial charge < -0.3 is 9.67 Å². The van der Waals surface area contributed by atoms with E-state index in [1.54, 1.807) is 24.5 Å². The van der Waals surface area contributed by atoms with Crippen molar-refractivity contribution in [3.8, 4) is 22.3 Å². The second kappa shape index (κ2) is 7.59. The molecule has 0 saturated heterocycles. The van der Waals surface area contributed by atoms with Gasteiger partial charge in [-0.25, -0.2) is 4.39 Å². The van der Waals surface area contributed by atoms with Gasteiger partial charge >= 0.3 is 0 Å². The number of aliphatic hydroxyl groups is 1. The number of aliphatic hydroxyl groups excluding tert-OH is 1.